The molecule has 28 heavy (non-hydrogen) atoms. The quantitative estimate of drug-likeness (QED) is 0.637. The second-order valence-electron chi connectivity index (χ2n) is 7.09. The summed E-state index contributed by atoms with van der Waals surface area (Å²) in [6.07, 6.45) is 2.25. The van der Waals surface area contributed by atoms with Crippen LogP contribution in [-0.4, -0.2) is 44.4 Å². The first kappa shape index (κ1) is 18.2. The summed E-state index contributed by atoms with van der Waals surface area (Å²) in [4.78, 5) is 34.9. The van der Waals surface area contributed by atoms with Gasteiger partial charge < -0.3 is 14.2 Å². The van der Waals surface area contributed by atoms with Crippen LogP contribution in [0.3, 0.4) is 0 Å². The number of nitrogens with zero attached hydrogens (tertiary/aromatic N) is 4. The zero-order valence-electron chi connectivity index (χ0n) is 15.7. The molecule has 3 aromatic rings. The molecule has 1 aliphatic rings. The molecule has 0 bridgehead atoms. The third-order valence-electron chi connectivity index (χ3n) is 5.01. The fourth-order valence-corrected chi connectivity index (χ4v) is 3.62. The summed E-state index contributed by atoms with van der Waals surface area (Å²) in [6, 6.07) is 13.3. The number of hydrogen-bond donors (Lipinski definition) is 0. The van der Waals surface area contributed by atoms with E-state index in [1.165, 1.54) is 6.92 Å². The number of Topliss-reactive ketones (excluding diaryl/α,β-unsaturated/α-hetero) is 1. The van der Waals surface area contributed by atoms with E-state index in [-0.39, 0.29) is 24.4 Å². The largest absolute Gasteiger partial charge is 0.445 e. The van der Waals surface area contributed by atoms with Crippen LogP contribution >= 0.6 is 0 Å². The topological polar surface area (TPSA) is 77.3 Å². The summed E-state index contributed by atoms with van der Waals surface area (Å²) in [6.45, 7) is 3.63. The maximum atomic E-state index is 12.4. The smallest absolute Gasteiger partial charge is 0.410 e. The van der Waals surface area contributed by atoms with Crippen molar-refractivity contribution in [2.24, 2.45) is 5.92 Å². The van der Waals surface area contributed by atoms with E-state index in [4.69, 9.17) is 4.74 Å². The molecule has 0 radical (unpaired) electrons. The van der Waals surface area contributed by atoms with Crippen LogP contribution < -0.4 is 0 Å². The average molecular weight is 378 g/mol. The van der Waals surface area contributed by atoms with Gasteiger partial charge >= 0.3 is 6.09 Å². The van der Waals surface area contributed by atoms with Gasteiger partial charge in [0.1, 0.15) is 12.1 Å². The summed E-state index contributed by atoms with van der Waals surface area (Å²) >= 11 is 0. The van der Waals surface area contributed by atoms with Crippen molar-refractivity contribution < 1.29 is 14.3 Å². The van der Waals surface area contributed by atoms with Crippen LogP contribution in [0.1, 0.15) is 29.5 Å². The van der Waals surface area contributed by atoms with Gasteiger partial charge in [-0.15, -0.1) is 0 Å². The highest BCUT2D eigenvalue weighted by atomic mass is 16.6. The number of rotatable bonds is 5. The van der Waals surface area contributed by atoms with Crippen LogP contribution in [0.15, 0.2) is 48.7 Å². The number of hydrogen-bond acceptors (Lipinski definition) is 5. The van der Waals surface area contributed by atoms with E-state index in [2.05, 4.69) is 9.97 Å². The van der Waals surface area contributed by atoms with Gasteiger partial charge in [-0.1, -0.05) is 30.3 Å². The highest BCUT2D eigenvalue weighted by molar-refractivity contribution is 5.94. The van der Waals surface area contributed by atoms with Gasteiger partial charge in [0.15, 0.2) is 17.3 Å². The molecule has 2 aromatic heterocycles. The first-order valence-electron chi connectivity index (χ1n) is 9.39. The molecule has 1 saturated heterocycles. The second-order valence-corrected chi connectivity index (χ2v) is 7.09. The molecule has 0 aliphatic carbocycles. The number of pyridine rings is 1. The Morgan fingerprint density at radius 1 is 1.18 bits per heavy atom. The minimum absolute atomic E-state index is 0.0878. The number of likely N-dealkylation sites (tertiary alicyclic amines) is 1. The van der Waals surface area contributed by atoms with Gasteiger partial charge in [-0.2, -0.15) is 0 Å². The van der Waals surface area contributed by atoms with Gasteiger partial charge in [-0.05, 0) is 30.0 Å². The molecule has 1 aromatic carbocycles. The lowest BCUT2D eigenvalue weighted by molar-refractivity contribution is 0.0991. The molecule has 0 N–H and O–H groups in total. The van der Waals surface area contributed by atoms with Crippen LogP contribution in [0, 0.1) is 5.92 Å². The second kappa shape index (κ2) is 7.80. The van der Waals surface area contributed by atoms with Gasteiger partial charge in [0.05, 0.1) is 0 Å². The van der Waals surface area contributed by atoms with E-state index < -0.39 is 0 Å². The Morgan fingerprint density at radius 2 is 2.00 bits per heavy atom. The minimum atomic E-state index is -0.299. The predicted octanol–water partition coefficient (Wildman–Crippen LogP) is 3.29. The number of carbonyl (C=O) groups excluding carboxylic acids is 2. The molecule has 144 valence electrons. The zero-order valence-corrected chi connectivity index (χ0v) is 15.7. The van der Waals surface area contributed by atoms with Crippen molar-refractivity contribution in [1.29, 1.82) is 0 Å². The summed E-state index contributed by atoms with van der Waals surface area (Å²) in [5, 5.41) is 0. The monoisotopic (exact) mass is 378 g/mol. The van der Waals surface area contributed by atoms with E-state index in [1.54, 1.807) is 11.1 Å². The standard InChI is InChI=1S/C21H22N4O3/c1-15(26)19-23-18-8-5-10-22-20(18)25(19)13-17-9-11-24(12-17)21(27)28-14-16-6-3-2-4-7-16/h2-8,10,17H,9,11-14H2,1H3/t17-/m1/s1. The summed E-state index contributed by atoms with van der Waals surface area (Å²) < 4.78 is 7.31. The van der Waals surface area contributed by atoms with E-state index in [1.807, 2.05) is 47.0 Å². The Bertz CT molecular complexity index is 999. The molecule has 0 saturated carbocycles. The van der Waals surface area contributed by atoms with Gasteiger partial charge in [0.2, 0.25) is 0 Å². The van der Waals surface area contributed by atoms with E-state index >= 15 is 0 Å². The first-order valence-corrected chi connectivity index (χ1v) is 9.39. The molecule has 0 spiro atoms. The average Bonchev–Trinajstić information content (AvgIpc) is 3.33. The minimum Gasteiger partial charge on any atom is -0.445 e. The zero-order chi connectivity index (χ0) is 19.5. The lowest BCUT2D eigenvalue weighted by Crippen LogP contribution is -2.30. The third kappa shape index (κ3) is 3.74. The number of benzene rings is 1. The summed E-state index contributed by atoms with van der Waals surface area (Å²) in [5.74, 6) is 0.552. The van der Waals surface area contributed by atoms with Crippen molar-refractivity contribution in [3.8, 4) is 0 Å². The predicted molar refractivity (Wildman–Crippen MR) is 104 cm³/mol. The van der Waals surface area contributed by atoms with E-state index in [0.29, 0.717) is 36.6 Å². The van der Waals surface area contributed by atoms with Crippen LogP contribution in [0.25, 0.3) is 11.2 Å². The maximum Gasteiger partial charge on any atom is 0.410 e. The Balaban J connectivity index is 1.41. The molecule has 1 atom stereocenters. The van der Waals surface area contributed by atoms with Crippen molar-refractivity contribution in [2.75, 3.05) is 13.1 Å². The Kier molecular flexibility index (Phi) is 5.06. The van der Waals surface area contributed by atoms with Crippen molar-refractivity contribution in [3.05, 3.63) is 60.0 Å². The molecule has 1 amide bonds. The number of fused-ring (bicyclic) bond motifs is 1. The molecule has 4 rings (SSSR count). The van der Waals surface area contributed by atoms with Crippen molar-refractivity contribution in [1.82, 2.24) is 19.4 Å². The molecular formula is C21H22N4O3. The Morgan fingerprint density at radius 3 is 2.79 bits per heavy atom. The van der Waals surface area contributed by atoms with Crippen molar-refractivity contribution >= 4 is 23.0 Å². The van der Waals surface area contributed by atoms with Gasteiger partial charge in [-0.3, -0.25) is 4.79 Å². The maximum absolute atomic E-state index is 12.4. The van der Waals surface area contributed by atoms with Crippen LogP contribution in [0.2, 0.25) is 0 Å². The van der Waals surface area contributed by atoms with Gasteiger partial charge in [0, 0.05) is 32.8 Å². The number of carbonyl (C=O) groups is 2. The van der Waals surface area contributed by atoms with Crippen LogP contribution in [0.5, 0.6) is 0 Å². The summed E-state index contributed by atoms with van der Waals surface area (Å²) in [7, 11) is 0. The summed E-state index contributed by atoms with van der Waals surface area (Å²) in [5.41, 5.74) is 2.39. The van der Waals surface area contributed by atoms with E-state index in [9.17, 15) is 9.59 Å². The lowest BCUT2D eigenvalue weighted by Gasteiger charge is -2.17. The number of aromatic nitrogens is 3. The number of ether oxygens (including phenoxy) is 1. The highest BCUT2D eigenvalue weighted by Gasteiger charge is 2.29. The molecule has 7 heteroatoms. The highest BCUT2D eigenvalue weighted by Crippen LogP contribution is 2.23. The third-order valence-corrected chi connectivity index (χ3v) is 5.01. The van der Waals surface area contributed by atoms with Crippen molar-refractivity contribution in [2.45, 2.75) is 26.5 Å². The van der Waals surface area contributed by atoms with Gasteiger partial charge in [-0.25, -0.2) is 14.8 Å². The van der Waals surface area contributed by atoms with Crippen LogP contribution in [-0.2, 0) is 17.9 Å². The molecule has 3 heterocycles. The Labute approximate surface area is 163 Å². The normalized spacial score (nSPS) is 16.5. The fourth-order valence-electron chi connectivity index (χ4n) is 3.62. The Hall–Kier alpha value is -3.22. The van der Waals surface area contributed by atoms with E-state index in [0.717, 1.165) is 12.0 Å². The molecule has 1 aliphatic heterocycles. The first-order chi connectivity index (χ1) is 13.6. The van der Waals surface area contributed by atoms with Gasteiger partial charge in [0.25, 0.3) is 0 Å². The number of imidazole rings is 1. The van der Waals surface area contributed by atoms with Crippen molar-refractivity contribution in [3.63, 3.8) is 0 Å². The number of ketones is 1. The lowest BCUT2D eigenvalue weighted by atomic mass is 10.1. The molecule has 0 unspecified atom stereocenters. The number of amides is 1. The fraction of sp³-hybridized carbons (Fsp3) is 0.333. The molecule has 1 fully saturated rings. The molecular weight excluding hydrogens is 356 g/mol. The van der Waals surface area contributed by atoms with Crippen LogP contribution in [0.4, 0.5) is 4.79 Å². The SMILES string of the molecule is CC(=O)c1nc2cccnc2n1C[C@@H]1CCN(C(=O)OCc2ccccc2)C1. The molecule has 7 nitrogen and oxygen atoms in total.